The van der Waals surface area contributed by atoms with Crippen LogP contribution in [-0.2, 0) is 26.4 Å². The summed E-state index contributed by atoms with van der Waals surface area (Å²) in [6.07, 6.45) is 3.72. The van der Waals surface area contributed by atoms with Gasteiger partial charge < -0.3 is 33.2 Å². The largest absolute Gasteiger partial charge is 0.488 e. The van der Waals surface area contributed by atoms with Crippen LogP contribution < -0.4 is 29.3 Å². The van der Waals surface area contributed by atoms with Crippen molar-refractivity contribution in [2.24, 2.45) is 0 Å². The van der Waals surface area contributed by atoms with Gasteiger partial charge in [-0.3, -0.25) is 9.59 Å². The molecule has 1 aliphatic rings. The Hall–Kier alpha value is -6.85. The number of aldehydes is 2. The summed E-state index contributed by atoms with van der Waals surface area (Å²) < 4.78 is 35.3. The van der Waals surface area contributed by atoms with Gasteiger partial charge in [0, 0.05) is 29.1 Å². The molecule has 0 saturated heterocycles. The molecule has 1 atom stereocenters. The molecule has 2 heterocycles. The van der Waals surface area contributed by atoms with Gasteiger partial charge in [0.05, 0.1) is 21.2 Å². The van der Waals surface area contributed by atoms with Crippen molar-refractivity contribution < 1.29 is 42.8 Å². The highest BCUT2D eigenvalue weighted by atomic mass is 35.5. The summed E-state index contributed by atoms with van der Waals surface area (Å²) in [7, 11) is 0. The van der Waals surface area contributed by atoms with Gasteiger partial charge >= 0.3 is 5.63 Å². The van der Waals surface area contributed by atoms with Gasteiger partial charge in [0.2, 0.25) is 6.29 Å². The van der Waals surface area contributed by atoms with E-state index >= 15 is 0 Å². The first-order valence-corrected chi connectivity index (χ1v) is 20.3. The second kappa shape index (κ2) is 18.4. The molecule has 0 radical (unpaired) electrons. The maximum Gasteiger partial charge on any atom is 0.336 e. The normalized spacial score (nSPS) is 13.0. The van der Waals surface area contributed by atoms with Gasteiger partial charge in [0.15, 0.2) is 12.6 Å². The average Bonchev–Trinajstić information content (AvgIpc) is 3.27. The van der Waals surface area contributed by atoms with Gasteiger partial charge in [-0.2, -0.15) is 0 Å². The number of rotatable bonds is 15. The van der Waals surface area contributed by atoms with E-state index in [-0.39, 0.29) is 47.6 Å². The molecular formula is C50H38Cl2O10. The third-order valence-electron chi connectivity index (χ3n) is 10.6. The summed E-state index contributed by atoms with van der Waals surface area (Å²) in [6.45, 7) is 4.78. The highest BCUT2D eigenvalue weighted by molar-refractivity contribution is 6.32. The molecule has 1 aromatic heterocycles. The minimum atomic E-state index is -0.983. The molecule has 8 rings (SSSR count). The van der Waals surface area contributed by atoms with Crippen molar-refractivity contribution in [2.45, 2.75) is 46.6 Å². The van der Waals surface area contributed by atoms with Gasteiger partial charge in [-0.25, -0.2) is 4.79 Å². The quantitative estimate of drug-likeness (QED) is 0.0785. The van der Waals surface area contributed by atoms with Crippen molar-refractivity contribution in [1.29, 1.82) is 0 Å². The summed E-state index contributed by atoms with van der Waals surface area (Å²) in [4.78, 5) is 35.5. The monoisotopic (exact) mass is 868 g/mol. The summed E-state index contributed by atoms with van der Waals surface area (Å²) >= 11 is 13.2. The van der Waals surface area contributed by atoms with Crippen molar-refractivity contribution in [1.82, 2.24) is 0 Å². The van der Waals surface area contributed by atoms with Crippen LogP contribution >= 0.6 is 23.2 Å². The van der Waals surface area contributed by atoms with E-state index in [1.807, 2.05) is 56.3 Å². The second-order valence-corrected chi connectivity index (χ2v) is 15.4. The molecule has 0 fully saturated rings. The van der Waals surface area contributed by atoms with Crippen LogP contribution in [0.3, 0.4) is 0 Å². The Morgan fingerprint density at radius 1 is 0.629 bits per heavy atom. The van der Waals surface area contributed by atoms with Crippen LogP contribution in [0.4, 0.5) is 0 Å². The minimum Gasteiger partial charge on any atom is -0.488 e. The summed E-state index contributed by atoms with van der Waals surface area (Å²) in [5.74, 6) is 1.92. The molecule has 1 aliphatic heterocycles. The Morgan fingerprint density at radius 3 is 1.76 bits per heavy atom. The molecule has 0 amide bonds. The Balaban J connectivity index is 0.949. The van der Waals surface area contributed by atoms with Crippen LogP contribution in [-0.4, -0.2) is 24.0 Å². The van der Waals surface area contributed by atoms with Crippen LogP contribution in [0, 0.1) is 13.8 Å². The second-order valence-electron chi connectivity index (χ2n) is 14.6. The van der Waals surface area contributed by atoms with E-state index in [0.29, 0.717) is 46.9 Å². The zero-order valence-electron chi connectivity index (χ0n) is 33.5. The number of halogens is 2. The van der Waals surface area contributed by atoms with E-state index in [9.17, 15) is 19.5 Å². The number of ether oxygens (including phenoxy) is 5. The fourth-order valence-electron chi connectivity index (χ4n) is 7.14. The Kier molecular flexibility index (Phi) is 12.4. The number of aliphatic hydroxyl groups is 1. The van der Waals surface area contributed by atoms with Gasteiger partial charge in [-0.15, -0.1) is 0 Å². The molecule has 10 nitrogen and oxygen atoms in total. The number of hydrogen-bond donors (Lipinski definition) is 1. The van der Waals surface area contributed by atoms with Crippen molar-refractivity contribution in [2.75, 3.05) is 0 Å². The van der Waals surface area contributed by atoms with E-state index in [0.717, 1.165) is 55.5 Å². The van der Waals surface area contributed by atoms with Crippen molar-refractivity contribution in [3.05, 3.63) is 186 Å². The molecule has 62 heavy (non-hydrogen) atoms. The van der Waals surface area contributed by atoms with Gasteiger partial charge in [0.1, 0.15) is 60.8 Å². The van der Waals surface area contributed by atoms with Gasteiger partial charge in [-0.1, -0.05) is 71.7 Å². The number of carbonyl (C=O) groups is 2. The van der Waals surface area contributed by atoms with Crippen molar-refractivity contribution in [3.8, 4) is 39.9 Å². The lowest BCUT2D eigenvalue weighted by molar-refractivity contribution is 0.0230. The first kappa shape index (κ1) is 41.9. The molecule has 312 valence electrons. The van der Waals surface area contributed by atoms with Crippen LogP contribution in [0.15, 0.2) is 124 Å². The molecule has 12 heteroatoms. The van der Waals surface area contributed by atoms with Crippen LogP contribution in [0.5, 0.6) is 28.7 Å². The van der Waals surface area contributed by atoms with Gasteiger partial charge in [0.25, 0.3) is 0 Å². The number of hydrogen-bond acceptors (Lipinski definition) is 10. The predicted molar refractivity (Wildman–Crippen MR) is 237 cm³/mol. The van der Waals surface area contributed by atoms with Crippen molar-refractivity contribution in [3.63, 3.8) is 0 Å². The predicted octanol–water partition coefficient (Wildman–Crippen LogP) is 11.0. The highest BCUT2D eigenvalue weighted by Gasteiger charge is 2.18. The SMILES string of the molecule is Cc1c(COc2cc(OCc3ccc4c(c3)C=CC(O)O4)c(C=O)cc2Cl)cccc1-c1cccc(COc2cc(OCc3ccc4oc(=O)ccc4c3)c(C=O)cc2Cl)c1C. The van der Waals surface area contributed by atoms with Crippen molar-refractivity contribution >= 4 is 52.8 Å². The lowest BCUT2D eigenvalue weighted by atomic mass is 9.92. The van der Waals surface area contributed by atoms with E-state index in [1.54, 1.807) is 48.6 Å². The fourth-order valence-corrected chi connectivity index (χ4v) is 7.60. The fraction of sp³-hybridized carbons (Fsp3) is 0.140. The zero-order valence-corrected chi connectivity index (χ0v) is 35.0. The van der Waals surface area contributed by atoms with Crippen LogP contribution in [0.1, 0.15) is 59.7 Å². The maximum atomic E-state index is 12.0. The van der Waals surface area contributed by atoms with Crippen LogP contribution in [0.2, 0.25) is 10.0 Å². The molecule has 0 aliphatic carbocycles. The average molecular weight is 870 g/mol. The zero-order chi connectivity index (χ0) is 43.3. The molecule has 0 spiro atoms. The number of benzene rings is 6. The van der Waals surface area contributed by atoms with E-state index in [1.165, 1.54) is 18.2 Å². The Bertz CT molecular complexity index is 2940. The number of carbonyl (C=O) groups excluding carboxylic acids is 2. The smallest absolute Gasteiger partial charge is 0.336 e. The molecule has 1 N–H and O–H groups in total. The maximum absolute atomic E-state index is 12.0. The van der Waals surface area contributed by atoms with Gasteiger partial charge in [-0.05, 0) is 113 Å². The first-order valence-electron chi connectivity index (χ1n) is 19.5. The third kappa shape index (κ3) is 9.23. The van der Waals surface area contributed by atoms with E-state index < -0.39 is 11.9 Å². The first-order chi connectivity index (χ1) is 30.1. The number of aliphatic hydroxyl groups excluding tert-OH is 1. The van der Waals surface area contributed by atoms with Crippen LogP contribution in [0.25, 0.3) is 28.2 Å². The van der Waals surface area contributed by atoms with E-state index in [2.05, 4.69) is 12.1 Å². The number of fused-ring (bicyclic) bond motifs is 2. The molecule has 1 unspecified atom stereocenters. The minimum absolute atomic E-state index is 0.148. The Labute approximate surface area is 366 Å². The Morgan fingerprint density at radius 2 is 1.18 bits per heavy atom. The molecule has 6 aromatic carbocycles. The summed E-state index contributed by atoms with van der Waals surface area (Å²) in [5.41, 5.74) is 8.96. The lowest BCUT2D eigenvalue weighted by Crippen LogP contribution is -2.15. The molecular weight excluding hydrogens is 831 g/mol. The molecule has 0 bridgehead atoms. The third-order valence-corrected chi connectivity index (χ3v) is 11.2. The lowest BCUT2D eigenvalue weighted by Gasteiger charge is -2.18. The molecule has 7 aromatic rings. The summed E-state index contributed by atoms with van der Waals surface area (Å²) in [5, 5.41) is 11.0. The molecule has 0 saturated carbocycles. The highest BCUT2D eigenvalue weighted by Crippen LogP contribution is 2.37. The van der Waals surface area contributed by atoms with E-state index in [4.69, 9.17) is 51.3 Å². The summed E-state index contributed by atoms with van der Waals surface area (Å²) in [6, 6.07) is 32.2. The standard InChI is InChI=1S/C50H38Cl2O10/c1-29-35(27-59-47-21-45(37(23-53)19-41(47)51)57-25-31-9-13-43-33(17-31)11-15-49(55)61-43)5-3-7-39(29)40-8-4-6-36(30(40)2)28-60-48-22-46(38(24-54)20-42(48)52)58-26-32-10-14-44-34(18-32)12-16-50(56)62-44/h3-24,49,55H,25-28H2,1-2H3. The topological polar surface area (TPSA) is 131 Å².